The fourth-order valence-electron chi connectivity index (χ4n) is 0.852. The van der Waals surface area contributed by atoms with Gasteiger partial charge in [-0.1, -0.05) is 11.6 Å². The third-order valence-electron chi connectivity index (χ3n) is 1.74. The SMILES string of the molecule is Clc1cnc(OCC2CC2)nc1. The monoisotopic (exact) mass is 184 g/mol. The van der Waals surface area contributed by atoms with E-state index >= 15 is 0 Å². The molecule has 0 saturated heterocycles. The minimum Gasteiger partial charge on any atom is -0.463 e. The fraction of sp³-hybridized carbons (Fsp3) is 0.500. The van der Waals surface area contributed by atoms with E-state index in [1.807, 2.05) is 0 Å². The summed E-state index contributed by atoms with van der Waals surface area (Å²) in [6, 6.07) is 0.423. The molecule has 1 saturated carbocycles. The van der Waals surface area contributed by atoms with E-state index in [1.165, 1.54) is 25.2 Å². The first-order valence-corrected chi connectivity index (χ1v) is 4.33. The highest BCUT2D eigenvalue weighted by Crippen LogP contribution is 2.28. The van der Waals surface area contributed by atoms with E-state index in [1.54, 1.807) is 0 Å². The topological polar surface area (TPSA) is 35.0 Å². The number of halogens is 1. The van der Waals surface area contributed by atoms with Gasteiger partial charge in [-0.25, -0.2) is 9.97 Å². The van der Waals surface area contributed by atoms with Crippen molar-refractivity contribution in [2.24, 2.45) is 5.92 Å². The van der Waals surface area contributed by atoms with Crippen LogP contribution in [0.5, 0.6) is 6.01 Å². The Morgan fingerprint density at radius 1 is 1.42 bits per heavy atom. The molecule has 0 aromatic carbocycles. The van der Waals surface area contributed by atoms with Gasteiger partial charge in [0.25, 0.3) is 0 Å². The molecule has 0 N–H and O–H groups in total. The summed E-state index contributed by atoms with van der Waals surface area (Å²) in [7, 11) is 0. The highest BCUT2D eigenvalue weighted by atomic mass is 35.5. The first-order valence-electron chi connectivity index (χ1n) is 3.95. The van der Waals surface area contributed by atoms with Gasteiger partial charge in [-0.05, 0) is 18.8 Å². The van der Waals surface area contributed by atoms with Crippen molar-refractivity contribution < 1.29 is 4.74 Å². The summed E-state index contributed by atoms with van der Waals surface area (Å²) in [5.41, 5.74) is 0. The van der Waals surface area contributed by atoms with E-state index in [4.69, 9.17) is 16.3 Å². The Hall–Kier alpha value is -0.830. The predicted molar refractivity (Wildman–Crippen MR) is 45.3 cm³/mol. The van der Waals surface area contributed by atoms with Crippen molar-refractivity contribution in [3.8, 4) is 6.01 Å². The highest BCUT2D eigenvalue weighted by Gasteiger charge is 2.22. The smallest absolute Gasteiger partial charge is 0.316 e. The van der Waals surface area contributed by atoms with Crippen LogP contribution >= 0.6 is 11.6 Å². The molecule has 0 amide bonds. The molecule has 3 nitrogen and oxygen atoms in total. The van der Waals surface area contributed by atoms with Gasteiger partial charge in [0.1, 0.15) is 0 Å². The summed E-state index contributed by atoms with van der Waals surface area (Å²) in [5.74, 6) is 0.726. The largest absolute Gasteiger partial charge is 0.463 e. The van der Waals surface area contributed by atoms with Crippen molar-refractivity contribution in [3.05, 3.63) is 17.4 Å². The predicted octanol–water partition coefficient (Wildman–Crippen LogP) is 1.92. The van der Waals surface area contributed by atoms with Gasteiger partial charge in [-0.3, -0.25) is 0 Å². The zero-order chi connectivity index (χ0) is 8.39. The Bertz CT molecular complexity index is 258. The molecule has 0 unspecified atom stereocenters. The minimum atomic E-state index is 0.423. The number of ether oxygens (including phenoxy) is 1. The summed E-state index contributed by atoms with van der Waals surface area (Å²) in [6.45, 7) is 0.738. The fourth-order valence-corrected chi connectivity index (χ4v) is 0.949. The van der Waals surface area contributed by atoms with Crippen molar-refractivity contribution in [1.29, 1.82) is 0 Å². The lowest BCUT2D eigenvalue weighted by Crippen LogP contribution is -2.01. The Morgan fingerprint density at radius 3 is 2.67 bits per heavy atom. The molecule has 1 fully saturated rings. The number of rotatable bonds is 3. The summed E-state index contributed by atoms with van der Waals surface area (Å²) in [6.07, 6.45) is 5.62. The molecule has 1 aromatic heterocycles. The molecule has 1 heterocycles. The molecule has 2 rings (SSSR count). The Balaban J connectivity index is 1.89. The highest BCUT2D eigenvalue weighted by molar-refractivity contribution is 6.30. The van der Waals surface area contributed by atoms with E-state index in [9.17, 15) is 0 Å². The molecule has 1 aromatic rings. The quantitative estimate of drug-likeness (QED) is 0.720. The second kappa shape index (κ2) is 3.27. The van der Waals surface area contributed by atoms with Crippen LogP contribution in [0.3, 0.4) is 0 Å². The van der Waals surface area contributed by atoms with Gasteiger partial charge < -0.3 is 4.74 Å². The average molecular weight is 185 g/mol. The molecule has 12 heavy (non-hydrogen) atoms. The van der Waals surface area contributed by atoms with Crippen LogP contribution in [0.15, 0.2) is 12.4 Å². The van der Waals surface area contributed by atoms with Gasteiger partial charge in [0, 0.05) is 0 Å². The number of hydrogen-bond acceptors (Lipinski definition) is 3. The van der Waals surface area contributed by atoms with E-state index in [-0.39, 0.29) is 0 Å². The van der Waals surface area contributed by atoms with Crippen molar-refractivity contribution in [1.82, 2.24) is 9.97 Å². The van der Waals surface area contributed by atoms with Crippen LogP contribution in [0.25, 0.3) is 0 Å². The molecule has 0 spiro atoms. The van der Waals surface area contributed by atoms with E-state index in [0.717, 1.165) is 12.5 Å². The lowest BCUT2D eigenvalue weighted by Gasteiger charge is -2.00. The Morgan fingerprint density at radius 2 is 2.08 bits per heavy atom. The van der Waals surface area contributed by atoms with Gasteiger partial charge in [0.15, 0.2) is 0 Å². The molecular weight excluding hydrogens is 176 g/mol. The van der Waals surface area contributed by atoms with Crippen molar-refractivity contribution in [2.45, 2.75) is 12.8 Å². The van der Waals surface area contributed by atoms with Crippen molar-refractivity contribution in [3.63, 3.8) is 0 Å². The molecule has 4 heteroatoms. The zero-order valence-corrected chi connectivity index (χ0v) is 7.29. The maximum Gasteiger partial charge on any atom is 0.316 e. The maximum absolute atomic E-state index is 5.61. The summed E-state index contributed by atoms with van der Waals surface area (Å²) in [5, 5.41) is 0.536. The first-order chi connectivity index (χ1) is 5.84. The lowest BCUT2D eigenvalue weighted by atomic mass is 10.5. The number of hydrogen-bond donors (Lipinski definition) is 0. The molecule has 0 atom stereocenters. The Labute approximate surface area is 75.7 Å². The second-order valence-corrected chi connectivity index (χ2v) is 3.37. The molecule has 0 aliphatic heterocycles. The lowest BCUT2D eigenvalue weighted by molar-refractivity contribution is 0.276. The van der Waals surface area contributed by atoms with Crippen molar-refractivity contribution in [2.75, 3.05) is 6.61 Å². The van der Waals surface area contributed by atoms with E-state index in [0.29, 0.717) is 11.0 Å². The molecule has 0 bridgehead atoms. The van der Waals surface area contributed by atoms with Crippen LogP contribution in [0, 0.1) is 5.92 Å². The molecule has 0 radical (unpaired) electrons. The summed E-state index contributed by atoms with van der Waals surface area (Å²) >= 11 is 5.61. The van der Waals surface area contributed by atoms with Gasteiger partial charge in [-0.2, -0.15) is 0 Å². The molecule has 1 aliphatic rings. The van der Waals surface area contributed by atoms with E-state index in [2.05, 4.69) is 9.97 Å². The van der Waals surface area contributed by atoms with Gasteiger partial charge in [-0.15, -0.1) is 0 Å². The Kier molecular flexibility index (Phi) is 2.13. The average Bonchev–Trinajstić information content (AvgIpc) is 2.87. The number of aromatic nitrogens is 2. The van der Waals surface area contributed by atoms with Crippen LogP contribution in [-0.4, -0.2) is 16.6 Å². The van der Waals surface area contributed by atoms with Crippen molar-refractivity contribution >= 4 is 11.6 Å². The third kappa shape index (κ3) is 2.08. The maximum atomic E-state index is 5.61. The van der Waals surface area contributed by atoms with E-state index < -0.39 is 0 Å². The number of nitrogens with zero attached hydrogens (tertiary/aromatic N) is 2. The van der Waals surface area contributed by atoms with Gasteiger partial charge >= 0.3 is 6.01 Å². The molecule has 1 aliphatic carbocycles. The zero-order valence-electron chi connectivity index (χ0n) is 6.53. The molecular formula is C8H9ClN2O. The van der Waals surface area contributed by atoms with Crippen LogP contribution < -0.4 is 4.74 Å². The van der Waals surface area contributed by atoms with Crippen LogP contribution in [0.4, 0.5) is 0 Å². The molecule has 64 valence electrons. The normalized spacial score (nSPS) is 16.1. The second-order valence-electron chi connectivity index (χ2n) is 2.94. The standard InChI is InChI=1S/C8H9ClN2O/c9-7-3-10-8(11-4-7)12-5-6-1-2-6/h3-4,6H,1-2,5H2. The van der Waals surface area contributed by atoms with Gasteiger partial charge in [0.05, 0.1) is 24.0 Å². The first kappa shape index (κ1) is 7.80. The van der Waals surface area contributed by atoms with Gasteiger partial charge in [0.2, 0.25) is 0 Å². The summed E-state index contributed by atoms with van der Waals surface area (Å²) in [4.78, 5) is 7.83. The minimum absolute atomic E-state index is 0.423. The third-order valence-corrected chi connectivity index (χ3v) is 1.94. The van der Waals surface area contributed by atoms with Crippen LogP contribution in [-0.2, 0) is 0 Å². The summed E-state index contributed by atoms with van der Waals surface area (Å²) < 4.78 is 5.30. The van der Waals surface area contributed by atoms with Crippen LogP contribution in [0.1, 0.15) is 12.8 Å². The van der Waals surface area contributed by atoms with Crippen LogP contribution in [0.2, 0.25) is 5.02 Å².